The molecule has 6 nitrogen and oxygen atoms in total. The number of fused-ring (bicyclic) bond motifs is 5. The predicted molar refractivity (Wildman–Crippen MR) is 117 cm³/mol. The number of piperidine rings is 3. The molecule has 3 saturated heterocycles. The van der Waals surface area contributed by atoms with E-state index in [2.05, 4.69) is 10.2 Å². The van der Waals surface area contributed by atoms with Crippen LogP contribution in [-0.4, -0.2) is 43.3 Å². The van der Waals surface area contributed by atoms with Crippen LogP contribution in [0.15, 0.2) is 52.9 Å². The lowest BCUT2D eigenvalue weighted by Crippen LogP contribution is -2.52. The Labute approximate surface area is 181 Å². The van der Waals surface area contributed by atoms with Gasteiger partial charge in [0.25, 0.3) is 0 Å². The summed E-state index contributed by atoms with van der Waals surface area (Å²) >= 11 is 0. The second-order valence-electron chi connectivity index (χ2n) is 8.82. The first-order valence-corrected chi connectivity index (χ1v) is 11.2. The Morgan fingerprint density at radius 1 is 1.06 bits per heavy atom. The molecular weight excluding hydrogens is 392 g/mol. The maximum atomic E-state index is 12.6. The molecule has 1 unspecified atom stereocenters. The summed E-state index contributed by atoms with van der Waals surface area (Å²) < 4.78 is 17.7. The number of carbonyl (C=O) groups is 1. The van der Waals surface area contributed by atoms with Gasteiger partial charge in [0.1, 0.15) is 23.2 Å². The molecule has 4 aliphatic heterocycles. The number of carbonyl (C=O) groups excluding carboxylic acids is 1. The van der Waals surface area contributed by atoms with E-state index >= 15 is 0 Å². The fraction of sp³-hybridized carbons (Fsp3) is 0.400. The number of ether oxygens (including phenoxy) is 2. The molecule has 160 valence electrons. The van der Waals surface area contributed by atoms with Gasteiger partial charge in [0.15, 0.2) is 0 Å². The molecule has 0 saturated carbocycles. The van der Waals surface area contributed by atoms with E-state index in [1.54, 1.807) is 0 Å². The SMILES string of the molecule is O=C(NC1CCOc2cc(-c3cc4ccccc4o3)ccc21)O[C@@H]1CN2CCC1CC2. The summed E-state index contributed by atoms with van der Waals surface area (Å²) in [5, 5.41) is 4.15. The minimum Gasteiger partial charge on any atom is -0.493 e. The summed E-state index contributed by atoms with van der Waals surface area (Å²) in [5.41, 5.74) is 2.81. The van der Waals surface area contributed by atoms with E-state index < -0.39 is 0 Å². The molecule has 3 aromatic rings. The van der Waals surface area contributed by atoms with Crippen LogP contribution in [0.25, 0.3) is 22.3 Å². The minimum absolute atomic E-state index is 0.0114. The van der Waals surface area contributed by atoms with Crippen molar-refractivity contribution in [1.29, 1.82) is 0 Å². The van der Waals surface area contributed by atoms with Crippen LogP contribution < -0.4 is 10.1 Å². The van der Waals surface area contributed by atoms with Crippen LogP contribution in [0.1, 0.15) is 30.9 Å². The molecule has 4 aliphatic rings. The van der Waals surface area contributed by atoms with Crippen LogP contribution in [0, 0.1) is 5.92 Å². The van der Waals surface area contributed by atoms with Gasteiger partial charge in [0.05, 0.1) is 12.6 Å². The number of nitrogens with zero attached hydrogens (tertiary/aromatic N) is 1. The van der Waals surface area contributed by atoms with Gasteiger partial charge in [-0.2, -0.15) is 0 Å². The van der Waals surface area contributed by atoms with E-state index in [9.17, 15) is 4.79 Å². The minimum atomic E-state index is -0.321. The van der Waals surface area contributed by atoms with Crippen LogP contribution in [0.4, 0.5) is 4.79 Å². The van der Waals surface area contributed by atoms with Gasteiger partial charge >= 0.3 is 6.09 Å². The number of nitrogens with one attached hydrogen (secondary N) is 1. The zero-order chi connectivity index (χ0) is 20.8. The van der Waals surface area contributed by atoms with Gasteiger partial charge in [0, 0.05) is 29.5 Å². The predicted octanol–water partition coefficient (Wildman–Crippen LogP) is 4.74. The zero-order valence-electron chi connectivity index (χ0n) is 17.4. The summed E-state index contributed by atoms with van der Waals surface area (Å²) in [4.78, 5) is 15.0. The molecule has 3 fully saturated rings. The molecule has 7 rings (SSSR count). The third-order valence-electron chi connectivity index (χ3n) is 6.91. The van der Waals surface area contributed by atoms with Crippen LogP contribution in [0.3, 0.4) is 0 Å². The average Bonchev–Trinajstić information content (AvgIpc) is 3.24. The normalized spacial score (nSPS) is 26.8. The first-order chi connectivity index (χ1) is 15.2. The molecule has 31 heavy (non-hydrogen) atoms. The maximum Gasteiger partial charge on any atom is 0.407 e. The van der Waals surface area contributed by atoms with E-state index in [1.807, 2.05) is 48.5 Å². The molecule has 1 N–H and O–H groups in total. The van der Waals surface area contributed by atoms with E-state index in [0.717, 1.165) is 72.5 Å². The Kier molecular flexibility index (Phi) is 4.60. The summed E-state index contributed by atoms with van der Waals surface area (Å²) in [7, 11) is 0. The molecule has 1 amide bonds. The van der Waals surface area contributed by atoms with E-state index in [0.29, 0.717) is 12.5 Å². The molecule has 5 heterocycles. The van der Waals surface area contributed by atoms with Gasteiger partial charge in [-0.25, -0.2) is 4.79 Å². The van der Waals surface area contributed by atoms with Crippen LogP contribution in [0.5, 0.6) is 5.75 Å². The number of para-hydroxylation sites is 1. The number of amides is 1. The largest absolute Gasteiger partial charge is 0.493 e. The van der Waals surface area contributed by atoms with Crippen LogP contribution >= 0.6 is 0 Å². The summed E-state index contributed by atoms with van der Waals surface area (Å²) in [5.74, 6) is 2.10. The lowest BCUT2D eigenvalue weighted by molar-refractivity contribution is -0.0342. The third kappa shape index (κ3) is 3.55. The van der Waals surface area contributed by atoms with Crippen molar-refractivity contribution in [2.24, 2.45) is 5.92 Å². The highest BCUT2D eigenvalue weighted by Crippen LogP contribution is 2.37. The first kappa shape index (κ1) is 18.8. The highest BCUT2D eigenvalue weighted by Gasteiger charge is 2.37. The van der Waals surface area contributed by atoms with Crippen molar-refractivity contribution >= 4 is 17.1 Å². The monoisotopic (exact) mass is 418 g/mol. The first-order valence-electron chi connectivity index (χ1n) is 11.2. The molecule has 2 aromatic carbocycles. The maximum absolute atomic E-state index is 12.6. The zero-order valence-corrected chi connectivity index (χ0v) is 17.4. The summed E-state index contributed by atoms with van der Waals surface area (Å²) in [6.45, 7) is 3.69. The standard InChI is InChI=1S/C25H26N2O4/c28-25(31-24-15-27-10-7-16(24)8-11-27)26-20-9-12-29-23-14-18(5-6-19(20)23)22-13-17-3-1-2-4-21(17)30-22/h1-6,13-14,16,20,24H,7-12,15H2,(H,26,28)/t20?,24-/m1/s1. The number of furan rings is 1. The van der Waals surface area contributed by atoms with Crippen molar-refractivity contribution in [3.8, 4) is 17.1 Å². The second-order valence-corrected chi connectivity index (χ2v) is 8.82. The highest BCUT2D eigenvalue weighted by molar-refractivity contribution is 5.83. The molecule has 1 aromatic heterocycles. The summed E-state index contributed by atoms with van der Waals surface area (Å²) in [6, 6.07) is 16.0. The van der Waals surface area contributed by atoms with Crippen molar-refractivity contribution < 1.29 is 18.7 Å². The van der Waals surface area contributed by atoms with E-state index in [1.165, 1.54) is 0 Å². The number of benzene rings is 2. The lowest BCUT2D eigenvalue weighted by atomic mass is 9.86. The lowest BCUT2D eigenvalue weighted by Gasteiger charge is -2.44. The quantitative estimate of drug-likeness (QED) is 0.665. The molecule has 2 atom stereocenters. The van der Waals surface area contributed by atoms with Gasteiger partial charge in [-0.3, -0.25) is 4.90 Å². The Morgan fingerprint density at radius 3 is 2.74 bits per heavy atom. The second kappa shape index (κ2) is 7.61. The topological polar surface area (TPSA) is 63.9 Å². The fourth-order valence-corrected chi connectivity index (χ4v) is 5.17. The molecule has 0 radical (unpaired) electrons. The van der Waals surface area contributed by atoms with Crippen LogP contribution in [0.2, 0.25) is 0 Å². The highest BCUT2D eigenvalue weighted by atomic mass is 16.6. The van der Waals surface area contributed by atoms with Gasteiger partial charge < -0.3 is 19.2 Å². The van der Waals surface area contributed by atoms with Crippen molar-refractivity contribution in [1.82, 2.24) is 10.2 Å². The van der Waals surface area contributed by atoms with Crippen molar-refractivity contribution in [3.05, 3.63) is 54.1 Å². The molecule has 0 spiro atoms. The van der Waals surface area contributed by atoms with Gasteiger partial charge in [-0.15, -0.1) is 0 Å². The smallest absolute Gasteiger partial charge is 0.407 e. The Balaban J connectivity index is 1.18. The third-order valence-corrected chi connectivity index (χ3v) is 6.91. The van der Waals surface area contributed by atoms with Gasteiger partial charge in [0.2, 0.25) is 0 Å². The summed E-state index contributed by atoms with van der Waals surface area (Å²) in [6.07, 6.45) is 2.67. The Hall–Kier alpha value is -2.99. The van der Waals surface area contributed by atoms with E-state index in [4.69, 9.17) is 13.9 Å². The Morgan fingerprint density at radius 2 is 1.94 bits per heavy atom. The number of hydrogen-bond acceptors (Lipinski definition) is 5. The van der Waals surface area contributed by atoms with Crippen molar-refractivity contribution in [2.75, 3.05) is 26.2 Å². The number of alkyl carbamates (subject to hydrolysis) is 1. The van der Waals surface area contributed by atoms with Gasteiger partial charge in [-0.05, 0) is 50.0 Å². The fourth-order valence-electron chi connectivity index (χ4n) is 5.17. The average molecular weight is 418 g/mol. The number of hydrogen-bond donors (Lipinski definition) is 1. The van der Waals surface area contributed by atoms with Crippen molar-refractivity contribution in [2.45, 2.75) is 31.4 Å². The molecular formula is C25H26N2O4. The Bertz CT molecular complexity index is 1080. The molecule has 6 heteroatoms. The van der Waals surface area contributed by atoms with Gasteiger partial charge in [-0.1, -0.05) is 30.3 Å². The number of rotatable bonds is 3. The van der Waals surface area contributed by atoms with Crippen LogP contribution in [-0.2, 0) is 4.74 Å². The van der Waals surface area contributed by atoms with Crippen molar-refractivity contribution in [3.63, 3.8) is 0 Å². The van der Waals surface area contributed by atoms with E-state index in [-0.39, 0.29) is 18.2 Å². The molecule has 0 aliphatic carbocycles. The molecule has 2 bridgehead atoms.